The van der Waals surface area contributed by atoms with Gasteiger partial charge in [-0.05, 0) is 64.2 Å². The van der Waals surface area contributed by atoms with Crippen LogP contribution >= 0.6 is 0 Å². The van der Waals surface area contributed by atoms with Gasteiger partial charge in [-0.3, -0.25) is 9.59 Å². The molecule has 2 atom stereocenters. The number of quaternary nitrogens is 1. The minimum atomic E-state index is -0.880. The summed E-state index contributed by atoms with van der Waals surface area (Å²) in [5.74, 6) is -1.50. The average molecular weight is 787 g/mol. The number of allylic oxidation sites excluding steroid dienone is 10. The van der Waals surface area contributed by atoms with Crippen molar-refractivity contribution in [3.8, 4) is 0 Å². The molecule has 8 nitrogen and oxygen atoms in total. The number of nitrogens with zero attached hydrogens (tertiary/aromatic N) is 1. The van der Waals surface area contributed by atoms with Crippen molar-refractivity contribution in [3.63, 3.8) is 0 Å². The molecule has 0 aliphatic heterocycles. The van der Waals surface area contributed by atoms with Gasteiger partial charge in [-0.25, -0.2) is 4.79 Å². The molecule has 322 valence electrons. The highest BCUT2D eigenvalue weighted by atomic mass is 16.6. The second-order valence-electron chi connectivity index (χ2n) is 16.0. The summed E-state index contributed by atoms with van der Waals surface area (Å²) in [6, 6.07) is -0.620. The van der Waals surface area contributed by atoms with Gasteiger partial charge in [0.2, 0.25) is 0 Å². The van der Waals surface area contributed by atoms with Gasteiger partial charge < -0.3 is 23.8 Å². The van der Waals surface area contributed by atoms with Crippen molar-refractivity contribution in [2.45, 2.75) is 187 Å². The van der Waals surface area contributed by atoms with E-state index in [0.717, 1.165) is 64.2 Å². The van der Waals surface area contributed by atoms with Gasteiger partial charge in [0.15, 0.2) is 12.1 Å². The lowest BCUT2D eigenvalue weighted by Crippen LogP contribution is -2.50. The summed E-state index contributed by atoms with van der Waals surface area (Å²) in [6.07, 6.45) is 46.8. The number of aliphatic carboxylic acids is 1. The zero-order chi connectivity index (χ0) is 41.4. The molecule has 0 aromatic carbocycles. The SMILES string of the molecule is CC/C=C/C=C/C=C/CCCCCCCCCC(=O)OCC(COCCC(C(=O)O)[N+](C)(C)C)OC(=O)CCCCCCCCC/C=C/C/C=C/CCCCC. The molecule has 0 aromatic heterocycles. The maximum Gasteiger partial charge on any atom is 0.362 e. The Bertz CT molecular complexity index is 1100. The molecule has 0 aliphatic rings. The van der Waals surface area contributed by atoms with Crippen molar-refractivity contribution in [3.05, 3.63) is 60.8 Å². The van der Waals surface area contributed by atoms with E-state index in [2.05, 4.69) is 74.6 Å². The molecule has 0 saturated carbocycles. The minimum absolute atomic E-state index is 0.0518. The predicted molar refractivity (Wildman–Crippen MR) is 234 cm³/mol. The highest BCUT2D eigenvalue weighted by Crippen LogP contribution is 2.14. The first-order valence-electron chi connectivity index (χ1n) is 22.4. The summed E-state index contributed by atoms with van der Waals surface area (Å²) in [4.78, 5) is 37.0. The molecule has 1 N–H and O–H groups in total. The van der Waals surface area contributed by atoms with E-state index in [1.165, 1.54) is 77.0 Å². The molecule has 0 spiro atoms. The Labute approximate surface area is 343 Å². The van der Waals surface area contributed by atoms with E-state index in [-0.39, 0.29) is 36.2 Å². The Morgan fingerprint density at radius 2 is 1.07 bits per heavy atom. The number of likely N-dealkylation sites (N-methyl/N-ethyl adjacent to an activating group) is 1. The topological polar surface area (TPSA) is 99.1 Å². The molecule has 0 bridgehead atoms. The van der Waals surface area contributed by atoms with Gasteiger partial charge in [0.25, 0.3) is 0 Å². The van der Waals surface area contributed by atoms with Crippen LogP contribution in [0.25, 0.3) is 0 Å². The molecule has 0 aromatic rings. The Morgan fingerprint density at radius 3 is 1.61 bits per heavy atom. The van der Waals surface area contributed by atoms with E-state index in [9.17, 15) is 19.5 Å². The van der Waals surface area contributed by atoms with Crippen molar-refractivity contribution < 1.29 is 38.2 Å². The molecule has 56 heavy (non-hydrogen) atoms. The molecular formula is C48H84NO7+. The lowest BCUT2D eigenvalue weighted by Gasteiger charge is -2.31. The van der Waals surface area contributed by atoms with Crippen molar-refractivity contribution in [1.82, 2.24) is 0 Å². The van der Waals surface area contributed by atoms with Crippen LogP contribution in [0.15, 0.2) is 60.8 Å². The largest absolute Gasteiger partial charge is 0.477 e. The summed E-state index contributed by atoms with van der Waals surface area (Å²) in [5.41, 5.74) is 0. The highest BCUT2D eigenvalue weighted by Gasteiger charge is 2.31. The summed E-state index contributed by atoms with van der Waals surface area (Å²) in [7, 11) is 5.52. The fraction of sp³-hybridized carbons (Fsp3) is 0.729. The van der Waals surface area contributed by atoms with Gasteiger partial charge >= 0.3 is 17.9 Å². The molecule has 0 aliphatic carbocycles. The van der Waals surface area contributed by atoms with Gasteiger partial charge in [-0.1, -0.05) is 152 Å². The van der Waals surface area contributed by atoms with E-state index >= 15 is 0 Å². The van der Waals surface area contributed by atoms with Crippen molar-refractivity contribution >= 4 is 17.9 Å². The van der Waals surface area contributed by atoms with Crippen LogP contribution in [0.1, 0.15) is 174 Å². The van der Waals surface area contributed by atoms with E-state index in [1.54, 1.807) is 0 Å². The standard InChI is InChI=1S/C48H83NO7/c1-6-8-10-12-14-16-18-20-22-23-25-27-29-31-33-35-37-39-47(51)56-44(42-54-41-40-45(48(52)53)49(3,4)5)43-55-46(50)38-36-34-32-30-28-26-24-21-19-17-15-13-11-9-7-2/h9,11,13-17,19-20,22,44-45H,6-8,10,12,18,21,23-43H2,1-5H3/p+1/b11-9+,15-13+,16-14+,19-17+,22-20+. The highest BCUT2D eigenvalue weighted by molar-refractivity contribution is 5.72. The lowest BCUT2D eigenvalue weighted by atomic mass is 10.1. The van der Waals surface area contributed by atoms with Gasteiger partial charge in [-0.2, -0.15) is 0 Å². The van der Waals surface area contributed by atoms with Crippen LogP contribution < -0.4 is 0 Å². The summed E-state index contributed by atoms with van der Waals surface area (Å²) in [6.45, 7) is 4.55. The van der Waals surface area contributed by atoms with Crippen molar-refractivity contribution in [1.29, 1.82) is 0 Å². The molecule has 2 unspecified atom stereocenters. The van der Waals surface area contributed by atoms with Crippen LogP contribution in [-0.4, -0.2) is 80.6 Å². The Morgan fingerprint density at radius 1 is 0.571 bits per heavy atom. The molecule has 0 rings (SSSR count). The van der Waals surface area contributed by atoms with Gasteiger partial charge in [0, 0.05) is 19.3 Å². The normalized spacial score (nSPS) is 13.5. The fourth-order valence-electron chi connectivity index (χ4n) is 6.24. The maximum absolute atomic E-state index is 12.7. The summed E-state index contributed by atoms with van der Waals surface area (Å²) >= 11 is 0. The van der Waals surface area contributed by atoms with Crippen LogP contribution in [0.2, 0.25) is 0 Å². The average Bonchev–Trinajstić information content (AvgIpc) is 3.15. The number of rotatable bonds is 39. The predicted octanol–water partition coefficient (Wildman–Crippen LogP) is 12.2. The van der Waals surface area contributed by atoms with Crippen LogP contribution in [0.4, 0.5) is 0 Å². The number of carbonyl (C=O) groups excluding carboxylic acids is 2. The first-order valence-corrected chi connectivity index (χ1v) is 22.4. The monoisotopic (exact) mass is 787 g/mol. The van der Waals surface area contributed by atoms with Gasteiger partial charge in [-0.15, -0.1) is 0 Å². The molecule has 0 fully saturated rings. The van der Waals surface area contributed by atoms with Crippen molar-refractivity contribution in [2.24, 2.45) is 0 Å². The number of unbranched alkanes of at least 4 members (excludes halogenated alkanes) is 17. The number of hydrogen-bond donors (Lipinski definition) is 1. The van der Waals surface area contributed by atoms with Crippen LogP contribution in [0.3, 0.4) is 0 Å². The van der Waals surface area contributed by atoms with Gasteiger partial charge in [0.1, 0.15) is 6.61 Å². The van der Waals surface area contributed by atoms with E-state index < -0.39 is 18.1 Å². The Hall–Kier alpha value is -2.97. The summed E-state index contributed by atoms with van der Waals surface area (Å²) < 4.78 is 17.3. The maximum atomic E-state index is 12.7. The molecule has 0 saturated heterocycles. The second-order valence-corrected chi connectivity index (χ2v) is 16.0. The molecule has 0 radical (unpaired) electrons. The number of carboxylic acids is 1. The van der Waals surface area contributed by atoms with Crippen LogP contribution in [0, 0.1) is 0 Å². The minimum Gasteiger partial charge on any atom is -0.477 e. The summed E-state index contributed by atoms with van der Waals surface area (Å²) in [5, 5.41) is 9.62. The van der Waals surface area contributed by atoms with Gasteiger partial charge in [0.05, 0.1) is 34.4 Å². The van der Waals surface area contributed by atoms with E-state index in [4.69, 9.17) is 14.2 Å². The van der Waals surface area contributed by atoms with Crippen LogP contribution in [-0.2, 0) is 28.6 Å². The Balaban J connectivity index is 4.37. The zero-order valence-corrected chi connectivity index (χ0v) is 36.6. The quantitative estimate of drug-likeness (QED) is 0.0218. The second kappa shape index (κ2) is 38.9. The third-order valence-electron chi connectivity index (χ3n) is 9.71. The zero-order valence-electron chi connectivity index (χ0n) is 36.6. The first-order chi connectivity index (χ1) is 27.1. The number of esters is 2. The number of ether oxygens (including phenoxy) is 3. The fourth-order valence-corrected chi connectivity index (χ4v) is 6.24. The third kappa shape index (κ3) is 36.7. The molecule has 0 amide bonds. The van der Waals surface area contributed by atoms with Crippen molar-refractivity contribution in [2.75, 3.05) is 41.0 Å². The number of hydrogen-bond acceptors (Lipinski definition) is 6. The number of carboxylic acid groups (broad SMARTS) is 1. The Kier molecular flexibility index (Phi) is 36.8. The third-order valence-corrected chi connectivity index (χ3v) is 9.71. The molecular weight excluding hydrogens is 703 g/mol. The molecule has 0 heterocycles. The first kappa shape index (κ1) is 53.0. The van der Waals surface area contributed by atoms with E-state index in [1.807, 2.05) is 21.1 Å². The molecule has 8 heteroatoms. The number of carbonyl (C=O) groups is 3. The van der Waals surface area contributed by atoms with E-state index in [0.29, 0.717) is 19.3 Å². The van der Waals surface area contributed by atoms with Crippen LogP contribution in [0.5, 0.6) is 0 Å². The lowest BCUT2D eigenvalue weighted by molar-refractivity contribution is -0.887. The smallest absolute Gasteiger partial charge is 0.362 e.